The molecule has 176 valence electrons. The van der Waals surface area contributed by atoms with E-state index in [1.165, 1.54) is 11.1 Å². The SMILES string of the molecule is O=C(c1ccccn1)N(C1CC1)C(Cc1ccccc1)C1CCN(Cc2ccccc2Cl)CC1. The second-order valence-corrected chi connectivity index (χ2v) is 10.0. The normalized spacial score (nSPS) is 17.9. The van der Waals surface area contributed by atoms with Gasteiger partial charge in [0.2, 0.25) is 0 Å². The van der Waals surface area contributed by atoms with Crippen LogP contribution in [0.5, 0.6) is 0 Å². The van der Waals surface area contributed by atoms with Gasteiger partial charge in [-0.15, -0.1) is 0 Å². The summed E-state index contributed by atoms with van der Waals surface area (Å²) in [7, 11) is 0. The number of carbonyl (C=O) groups is 1. The van der Waals surface area contributed by atoms with Crippen LogP contribution < -0.4 is 0 Å². The smallest absolute Gasteiger partial charge is 0.272 e. The number of likely N-dealkylation sites (tertiary alicyclic amines) is 1. The maximum Gasteiger partial charge on any atom is 0.272 e. The van der Waals surface area contributed by atoms with Crippen molar-refractivity contribution >= 4 is 17.5 Å². The van der Waals surface area contributed by atoms with E-state index in [0.717, 1.165) is 56.8 Å². The molecule has 1 unspecified atom stereocenters. The molecule has 1 aliphatic heterocycles. The minimum Gasteiger partial charge on any atom is -0.331 e. The number of aromatic nitrogens is 1. The molecule has 0 bridgehead atoms. The van der Waals surface area contributed by atoms with E-state index in [1.54, 1.807) is 6.20 Å². The maximum absolute atomic E-state index is 13.7. The van der Waals surface area contributed by atoms with E-state index in [0.29, 0.717) is 17.7 Å². The van der Waals surface area contributed by atoms with E-state index in [4.69, 9.17) is 11.6 Å². The highest BCUT2D eigenvalue weighted by Crippen LogP contribution is 2.36. The fourth-order valence-corrected chi connectivity index (χ4v) is 5.47. The summed E-state index contributed by atoms with van der Waals surface area (Å²) < 4.78 is 0. The molecule has 5 heteroatoms. The van der Waals surface area contributed by atoms with Crippen molar-refractivity contribution in [1.29, 1.82) is 0 Å². The van der Waals surface area contributed by atoms with Gasteiger partial charge in [-0.1, -0.05) is 66.2 Å². The van der Waals surface area contributed by atoms with Crippen molar-refractivity contribution in [3.05, 3.63) is 101 Å². The highest BCUT2D eigenvalue weighted by atomic mass is 35.5. The number of rotatable bonds is 8. The minimum absolute atomic E-state index is 0.0857. The maximum atomic E-state index is 13.7. The number of benzene rings is 2. The van der Waals surface area contributed by atoms with Gasteiger partial charge in [0.05, 0.1) is 0 Å². The summed E-state index contributed by atoms with van der Waals surface area (Å²) in [4.78, 5) is 22.8. The number of amides is 1. The third-order valence-electron chi connectivity index (χ3n) is 7.23. The lowest BCUT2D eigenvalue weighted by Gasteiger charge is -2.42. The first-order valence-electron chi connectivity index (χ1n) is 12.4. The third kappa shape index (κ3) is 5.51. The number of halogens is 1. The largest absolute Gasteiger partial charge is 0.331 e. The van der Waals surface area contributed by atoms with E-state index >= 15 is 0 Å². The van der Waals surface area contributed by atoms with Crippen molar-refractivity contribution < 1.29 is 4.79 Å². The van der Waals surface area contributed by atoms with Gasteiger partial charge in [-0.25, -0.2) is 0 Å². The van der Waals surface area contributed by atoms with Crippen LogP contribution in [0.3, 0.4) is 0 Å². The Bertz CT molecular complexity index is 1080. The molecule has 0 N–H and O–H groups in total. The monoisotopic (exact) mass is 473 g/mol. The van der Waals surface area contributed by atoms with Gasteiger partial charge in [0, 0.05) is 29.8 Å². The van der Waals surface area contributed by atoms with Crippen molar-refractivity contribution in [3.63, 3.8) is 0 Å². The summed E-state index contributed by atoms with van der Waals surface area (Å²) in [6, 6.07) is 24.9. The molecule has 0 spiro atoms. The van der Waals surface area contributed by atoms with Gasteiger partial charge in [0.25, 0.3) is 5.91 Å². The lowest BCUT2D eigenvalue weighted by atomic mass is 9.84. The third-order valence-corrected chi connectivity index (χ3v) is 7.60. The molecule has 1 aromatic heterocycles. The van der Waals surface area contributed by atoms with E-state index < -0.39 is 0 Å². The average Bonchev–Trinajstić information content (AvgIpc) is 3.72. The van der Waals surface area contributed by atoms with E-state index in [9.17, 15) is 4.79 Å². The van der Waals surface area contributed by atoms with Crippen LogP contribution in [0.4, 0.5) is 0 Å². The van der Waals surface area contributed by atoms with Crippen molar-refractivity contribution in [1.82, 2.24) is 14.8 Å². The van der Waals surface area contributed by atoms with E-state index in [1.807, 2.05) is 30.3 Å². The van der Waals surface area contributed by atoms with Crippen molar-refractivity contribution in [2.24, 2.45) is 5.92 Å². The molecule has 1 amide bonds. The molecule has 1 saturated carbocycles. The fraction of sp³-hybridized carbons (Fsp3) is 0.379. The number of pyridine rings is 1. The van der Waals surface area contributed by atoms with Crippen LogP contribution in [0.15, 0.2) is 79.0 Å². The summed E-state index contributed by atoms with van der Waals surface area (Å²) in [5.41, 5.74) is 3.04. The van der Waals surface area contributed by atoms with Gasteiger partial charge in [0.15, 0.2) is 0 Å². The molecule has 2 heterocycles. The molecule has 34 heavy (non-hydrogen) atoms. The molecule has 2 fully saturated rings. The van der Waals surface area contributed by atoms with Crippen molar-refractivity contribution in [3.8, 4) is 0 Å². The van der Waals surface area contributed by atoms with Gasteiger partial charge in [-0.05, 0) is 80.4 Å². The van der Waals surface area contributed by atoms with Crippen LogP contribution in [0.2, 0.25) is 5.02 Å². The highest BCUT2D eigenvalue weighted by Gasteiger charge is 2.42. The van der Waals surface area contributed by atoms with Crippen LogP contribution in [0, 0.1) is 5.92 Å². The first kappa shape index (κ1) is 23.1. The zero-order chi connectivity index (χ0) is 23.3. The first-order valence-corrected chi connectivity index (χ1v) is 12.8. The fourth-order valence-electron chi connectivity index (χ4n) is 5.27. The van der Waals surface area contributed by atoms with Crippen LogP contribution in [-0.2, 0) is 13.0 Å². The molecular formula is C29H32ClN3O. The second-order valence-electron chi connectivity index (χ2n) is 9.62. The zero-order valence-electron chi connectivity index (χ0n) is 19.5. The summed E-state index contributed by atoms with van der Waals surface area (Å²) in [6.07, 6.45) is 6.97. The standard InChI is InChI=1S/C29H32ClN3O/c30-26-11-5-4-10-24(26)21-32-18-15-23(16-19-32)28(20-22-8-2-1-3-9-22)33(25-13-14-25)29(34)27-12-6-7-17-31-27/h1-12,17,23,25,28H,13-16,18-21H2. The number of carbonyl (C=O) groups excluding carboxylic acids is 1. The summed E-state index contributed by atoms with van der Waals surface area (Å²) in [6.45, 7) is 2.93. The van der Waals surface area contributed by atoms with Gasteiger partial charge < -0.3 is 4.90 Å². The highest BCUT2D eigenvalue weighted by molar-refractivity contribution is 6.31. The lowest BCUT2D eigenvalue weighted by molar-refractivity contribution is 0.0477. The van der Waals surface area contributed by atoms with Crippen LogP contribution >= 0.6 is 11.6 Å². The molecule has 2 aliphatic rings. The topological polar surface area (TPSA) is 36.4 Å². The van der Waals surface area contributed by atoms with Gasteiger partial charge >= 0.3 is 0 Å². The number of hydrogen-bond acceptors (Lipinski definition) is 3. The zero-order valence-corrected chi connectivity index (χ0v) is 20.3. The molecule has 1 aliphatic carbocycles. The average molecular weight is 474 g/mol. The Balaban J connectivity index is 1.35. The quantitative estimate of drug-likeness (QED) is 0.411. The summed E-state index contributed by atoms with van der Waals surface area (Å²) in [5, 5.41) is 0.840. The number of hydrogen-bond donors (Lipinski definition) is 0. The van der Waals surface area contributed by atoms with Crippen LogP contribution in [-0.4, -0.2) is 45.9 Å². The molecule has 3 aromatic rings. The first-order chi connectivity index (χ1) is 16.7. The Hall–Kier alpha value is -2.69. The van der Waals surface area contributed by atoms with E-state index in [-0.39, 0.29) is 11.9 Å². The number of nitrogens with zero attached hydrogens (tertiary/aromatic N) is 3. The van der Waals surface area contributed by atoms with Gasteiger partial charge in [0.1, 0.15) is 5.69 Å². The molecule has 4 nitrogen and oxygen atoms in total. The molecule has 5 rings (SSSR count). The van der Waals surface area contributed by atoms with Crippen molar-refractivity contribution in [2.45, 2.75) is 50.7 Å². The van der Waals surface area contributed by atoms with Gasteiger partial charge in [-0.2, -0.15) is 0 Å². The van der Waals surface area contributed by atoms with Crippen molar-refractivity contribution in [2.75, 3.05) is 13.1 Å². The predicted molar refractivity (Wildman–Crippen MR) is 137 cm³/mol. The number of piperidine rings is 1. The minimum atomic E-state index is 0.0857. The molecule has 2 aromatic carbocycles. The van der Waals surface area contributed by atoms with Crippen LogP contribution in [0.1, 0.15) is 47.3 Å². The molecule has 1 saturated heterocycles. The van der Waals surface area contributed by atoms with Gasteiger partial charge in [-0.3, -0.25) is 14.7 Å². The summed E-state index contributed by atoms with van der Waals surface area (Å²) in [5.74, 6) is 0.554. The Labute approximate surface area is 207 Å². The molecular weight excluding hydrogens is 442 g/mol. The Morgan fingerprint density at radius 1 is 0.941 bits per heavy atom. The Morgan fingerprint density at radius 3 is 2.32 bits per heavy atom. The molecule has 1 atom stereocenters. The second kappa shape index (κ2) is 10.7. The summed E-state index contributed by atoms with van der Waals surface area (Å²) >= 11 is 6.41. The van der Waals surface area contributed by atoms with Crippen LogP contribution in [0.25, 0.3) is 0 Å². The van der Waals surface area contributed by atoms with E-state index in [2.05, 4.69) is 57.2 Å². The Morgan fingerprint density at radius 2 is 1.65 bits per heavy atom. The Kier molecular flexibility index (Phi) is 7.27. The predicted octanol–water partition coefficient (Wildman–Crippen LogP) is 5.86. The molecule has 0 radical (unpaired) electrons. The lowest BCUT2D eigenvalue weighted by Crippen LogP contribution is -2.50.